The van der Waals surface area contributed by atoms with Crippen LogP contribution in [0.1, 0.15) is 12.8 Å². The molecule has 0 aliphatic heterocycles. The van der Waals surface area contributed by atoms with Gasteiger partial charge in [0.2, 0.25) is 5.89 Å². The molecule has 1 aromatic heterocycles. The number of hydrogen-bond donors (Lipinski definition) is 1. The Morgan fingerprint density at radius 1 is 1.60 bits per heavy atom. The summed E-state index contributed by atoms with van der Waals surface area (Å²) in [4.78, 5) is 0. The van der Waals surface area contributed by atoms with E-state index in [0.717, 1.165) is 0 Å². The number of anilines is 1. The summed E-state index contributed by atoms with van der Waals surface area (Å²) in [7, 11) is -0.854. The maximum Gasteiger partial charge on any atom is 0.315 e. The summed E-state index contributed by atoms with van der Waals surface area (Å²) in [5, 5.41) is 10.5. The Morgan fingerprint density at radius 3 is 2.93 bits per heavy atom. The first-order chi connectivity index (χ1) is 7.13. The van der Waals surface area contributed by atoms with Gasteiger partial charge in [0.25, 0.3) is 0 Å². The second kappa shape index (κ2) is 6.07. The second-order valence-electron chi connectivity index (χ2n) is 3.13. The summed E-state index contributed by atoms with van der Waals surface area (Å²) >= 11 is 5.53. The van der Waals surface area contributed by atoms with Gasteiger partial charge in [-0.05, 0) is 6.92 Å². The number of nitrogens with zero attached hydrogens (tertiary/aromatic N) is 2. The fraction of sp³-hybridized carbons (Fsp3) is 0.750. The molecular weight excluding hydrogens is 238 g/mol. The third-order valence-corrected chi connectivity index (χ3v) is 3.37. The highest BCUT2D eigenvalue weighted by Gasteiger charge is 2.09. The van der Waals surface area contributed by atoms with Gasteiger partial charge < -0.3 is 9.73 Å². The lowest BCUT2D eigenvalue weighted by molar-refractivity contribution is 0.512. The fourth-order valence-electron chi connectivity index (χ4n) is 0.855. The van der Waals surface area contributed by atoms with Crippen molar-refractivity contribution >= 4 is 28.4 Å². The van der Waals surface area contributed by atoms with E-state index < -0.39 is 10.8 Å². The minimum atomic E-state index is -0.854. The molecule has 0 saturated heterocycles. The summed E-state index contributed by atoms with van der Waals surface area (Å²) in [6.07, 6.45) is 2.23. The van der Waals surface area contributed by atoms with Gasteiger partial charge in [-0.15, -0.1) is 16.7 Å². The molecule has 0 aliphatic carbocycles. The molecule has 1 rings (SSSR count). The molecule has 1 N–H and O–H groups in total. The molecule has 0 saturated carbocycles. The second-order valence-corrected chi connectivity index (χ2v) is 5.31. The van der Waals surface area contributed by atoms with Crippen LogP contribution >= 0.6 is 11.6 Å². The van der Waals surface area contributed by atoms with Crippen molar-refractivity contribution in [1.29, 1.82) is 0 Å². The van der Waals surface area contributed by atoms with E-state index >= 15 is 0 Å². The number of aryl methyl sites for hydroxylation is 1. The molecule has 0 amide bonds. The Balaban J connectivity index is 2.40. The quantitative estimate of drug-likeness (QED) is 0.765. The van der Waals surface area contributed by atoms with Crippen LogP contribution in [0.2, 0.25) is 0 Å². The van der Waals surface area contributed by atoms with Crippen molar-refractivity contribution in [2.45, 2.75) is 18.6 Å². The van der Waals surface area contributed by atoms with E-state index in [1.165, 1.54) is 0 Å². The molecule has 0 fully saturated rings. The van der Waals surface area contributed by atoms with Gasteiger partial charge in [-0.2, -0.15) is 0 Å². The zero-order chi connectivity index (χ0) is 11.3. The molecule has 1 aromatic rings. The SMILES string of the molecule is CC(CNc1nnc(CCCl)o1)S(C)=O. The molecule has 0 spiro atoms. The van der Waals surface area contributed by atoms with Crippen LogP contribution < -0.4 is 5.32 Å². The van der Waals surface area contributed by atoms with Gasteiger partial charge in [-0.1, -0.05) is 5.10 Å². The van der Waals surface area contributed by atoms with Crippen molar-refractivity contribution in [1.82, 2.24) is 10.2 Å². The Bertz CT molecular complexity index is 331. The van der Waals surface area contributed by atoms with Crippen LogP contribution in [-0.4, -0.2) is 38.3 Å². The van der Waals surface area contributed by atoms with E-state index in [9.17, 15) is 4.21 Å². The van der Waals surface area contributed by atoms with Crippen molar-refractivity contribution in [3.05, 3.63) is 5.89 Å². The lowest BCUT2D eigenvalue weighted by Gasteiger charge is -2.06. The van der Waals surface area contributed by atoms with Crippen LogP contribution in [0.4, 0.5) is 6.01 Å². The minimum Gasteiger partial charge on any atom is -0.408 e. The smallest absolute Gasteiger partial charge is 0.315 e. The van der Waals surface area contributed by atoms with Gasteiger partial charge in [0, 0.05) is 41.2 Å². The highest BCUT2D eigenvalue weighted by Crippen LogP contribution is 2.07. The standard InChI is InChI=1S/C8H14ClN3O2S/c1-6(15(2)13)5-10-8-12-11-7(14-8)3-4-9/h6H,3-5H2,1-2H3,(H,10,12). The highest BCUT2D eigenvalue weighted by atomic mass is 35.5. The van der Waals surface area contributed by atoms with E-state index in [0.29, 0.717) is 30.8 Å². The van der Waals surface area contributed by atoms with Gasteiger partial charge >= 0.3 is 6.01 Å². The van der Waals surface area contributed by atoms with Crippen LogP contribution in [-0.2, 0) is 17.2 Å². The number of rotatable bonds is 6. The molecule has 0 aliphatic rings. The lowest BCUT2D eigenvalue weighted by atomic mass is 10.5. The first-order valence-corrected chi connectivity index (χ1v) is 6.73. The Morgan fingerprint density at radius 2 is 2.33 bits per heavy atom. The van der Waals surface area contributed by atoms with Crippen LogP contribution in [0.15, 0.2) is 4.42 Å². The first-order valence-electron chi connectivity index (χ1n) is 4.58. The van der Waals surface area contributed by atoms with Gasteiger partial charge in [0.15, 0.2) is 0 Å². The maximum absolute atomic E-state index is 11.1. The lowest BCUT2D eigenvalue weighted by Crippen LogP contribution is -2.20. The summed E-state index contributed by atoms with van der Waals surface area (Å²) in [5.74, 6) is 0.967. The van der Waals surface area contributed by atoms with Crippen molar-refractivity contribution < 1.29 is 8.63 Å². The van der Waals surface area contributed by atoms with Crippen LogP contribution in [0.25, 0.3) is 0 Å². The number of hydrogen-bond acceptors (Lipinski definition) is 5. The molecule has 2 unspecified atom stereocenters. The van der Waals surface area contributed by atoms with Crippen molar-refractivity contribution in [2.24, 2.45) is 0 Å². The number of aromatic nitrogens is 2. The first kappa shape index (κ1) is 12.4. The highest BCUT2D eigenvalue weighted by molar-refractivity contribution is 7.84. The third kappa shape index (κ3) is 4.17. The molecule has 0 bridgehead atoms. The molecular formula is C8H14ClN3O2S. The average Bonchev–Trinajstić information content (AvgIpc) is 2.62. The van der Waals surface area contributed by atoms with Crippen LogP contribution in [0.3, 0.4) is 0 Å². The molecule has 15 heavy (non-hydrogen) atoms. The van der Waals surface area contributed by atoms with Gasteiger partial charge in [-0.3, -0.25) is 4.21 Å². The topological polar surface area (TPSA) is 68.0 Å². The number of halogens is 1. The molecule has 2 atom stereocenters. The van der Waals surface area contributed by atoms with Crippen molar-refractivity contribution in [2.75, 3.05) is 24.0 Å². The summed E-state index contributed by atoms with van der Waals surface area (Å²) in [6.45, 7) is 2.44. The predicted octanol–water partition coefficient (Wildman–Crippen LogP) is 1.03. The van der Waals surface area contributed by atoms with Crippen molar-refractivity contribution in [3.63, 3.8) is 0 Å². The Labute approximate surface area is 96.1 Å². The number of alkyl halides is 1. The monoisotopic (exact) mass is 251 g/mol. The van der Waals surface area contributed by atoms with Gasteiger partial charge in [0.05, 0.1) is 0 Å². The predicted molar refractivity (Wildman–Crippen MR) is 60.7 cm³/mol. The largest absolute Gasteiger partial charge is 0.408 e. The van der Waals surface area contributed by atoms with Crippen LogP contribution in [0, 0.1) is 0 Å². The Hall–Kier alpha value is -0.620. The van der Waals surface area contributed by atoms with E-state index in [1.807, 2.05) is 6.92 Å². The zero-order valence-electron chi connectivity index (χ0n) is 8.70. The maximum atomic E-state index is 11.1. The third-order valence-electron chi connectivity index (χ3n) is 1.88. The molecule has 86 valence electrons. The van der Waals surface area contributed by atoms with Gasteiger partial charge in [-0.25, -0.2) is 0 Å². The molecule has 5 nitrogen and oxygen atoms in total. The minimum absolute atomic E-state index is 0.0494. The molecule has 0 aromatic carbocycles. The average molecular weight is 252 g/mol. The molecule has 0 radical (unpaired) electrons. The van der Waals surface area contributed by atoms with Crippen molar-refractivity contribution in [3.8, 4) is 0 Å². The Kier molecular flexibility index (Phi) is 5.04. The van der Waals surface area contributed by atoms with E-state index in [2.05, 4.69) is 15.5 Å². The summed E-state index contributed by atoms with van der Waals surface area (Å²) in [6, 6.07) is 0.354. The zero-order valence-corrected chi connectivity index (χ0v) is 10.3. The molecule has 1 heterocycles. The van der Waals surface area contributed by atoms with E-state index in [1.54, 1.807) is 6.26 Å². The summed E-state index contributed by atoms with van der Waals surface area (Å²) in [5.41, 5.74) is 0. The summed E-state index contributed by atoms with van der Waals surface area (Å²) < 4.78 is 16.3. The fourth-order valence-corrected chi connectivity index (χ4v) is 1.34. The van der Waals surface area contributed by atoms with E-state index in [-0.39, 0.29) is 5.25 Å². The number of nitrogens with one attached hydrogen (secondary N) is 1. The van der Waals surface area contributed by atoms with Gasteiger partial charge in [0.1, 0.15) is 0 Å². The van der Waals surface area contributed by atoms with E-state index in [4.69, 9.17) is 16.0 Å². The molecule has 7 heteroatoms. The van der Waals surface area contributed by atoms with Crippen LogP contribution in [0.5, 0.6) is 0 Å². The normalized spacial score (nSPS) is 14.9.